The van der Waals surface area contributed by atoms with Gasteiger partial charge in [0.15, 0.2) is 5.58 Å². The molecule has 1 aromatic heterocycles. The molecule has 5 nitrogen and oxygen atoms in total. The Kier molecular flexibility index (Phi) is 4.02. The topological polar surface area (TPSA) is 64.4 Å². The van der Waals surface area contributed by atoms with Gasteiger partial charge in [-0.2, -0.15) is 0 Å². The Morgan fingerprint density at radius 2 is 2.09 bits per heavy atom. The summed E-state index contributed by atoms with van der Waals surface area (Å²) in [6, 6.07) is 11.2. The van der Waals surface area contributed by atoms with E-state index in [-0.39, 0.29) is 12.3 Å². The SMILES string of the molecule is COc1cccc(NC(=O)Cc2noc3cc(C)cc(C)c23)c1. The van der Waals surface area contributed by atoms with Crippen LogP contribution in [-0.4, -0.2) is 18.2 Å². The summed E-state index contributed by atoms with van der Waals surface area (Å²) in [5, 5.41) is 7.82. The van der Waals surface area contributed by atoms with E-state index in [0.717, 1.165) is 16.5 Å². The van der Waals surface area contributed by atoms with Crippen LogP contribution < -0.4 is 10.1 Å². The lowest BCUT2D eigenvalue weighted by molar-refractivity contribution is -0.115. The summed E-state index contributed by atoms with van der Waals surface area (Å²) in [6.45, 7) is 4.00. The Bertz CT molecular complexity index is 868. The summed E-state index contributed by atoms with van der Waals surface area (Å²) in [7, 11) is 1.59. The van der Waals surface area contributed by atoms with Gasteiger partial charge in [0.05, 0.1) is 13.5 Å². The predicted molar refractivity (Wildman–Crippen MR) is 88.8 cm³/mol. The molecular weight excluding hydrogens is 292 g/mol. The maximum atomic E-state index is 12.3. The highest BCUT2D eigenvalue weighted by Gasteiger charge is 2.15. The van der Waals surface area contributed by atoms with E-state index in [0.29, 0.717) is 22.7 Å². The maximum Gasteiger partial charge on any atom is 0.230 e. The van der Waals surface area contributed by atoms with Gasteiger partial charge in [0.25, 0.3) is 0 Å². The number of methoxy groups -OCH3 is 1. The second kappa shape index (κ2) is 6.12. The van der Waals surface area contributed by atoms with Crippen LogP contribution >= 0.6 is 0 Å². The van der Waals surface area contributed by atoms with E-state index in [1.54, 1.807) is 13.2 Å². The van der Waals surface area contributed by atoms with Crippen molar-refractivity contribution in [1.82, 2.24) is 5.16 Å². The number of amides is 1. The molecule has 1 N–H and O–H groups in total. The predicted octanol–water partition coefficient (Wildman–Crippen LogP) is 3.63. The van der Waals surface area contributed by atoms with E-state index in [1.807, 2.05) is 38.1 Å². The lowest BCUT2D eigenvalue weighted by Gasteiger charge is -2.06. The van der Waals surface area contributed by atoms with Crippen LogP contribution in [0.3, 0.4) is 0 Å². The van der Waals surface area contributed by atoms with Gasteiger partial charge in [-0.1, -0.05) is 17.3 Å². The van der Waals surface area contributed by atoms with Gasteiger partial charge in [0.2, 0.25) is 5.91 Å². The molecule has 118 valence electrons. The summed E-state index contributed by atoms with van der Waals surface area (Å²) in [5.41, 5.74) is 4.23. The minimum atomic E-state index is -0.145. The van der Waals surface area contributed by atoms with Gasteiger partial charge in [0.1, 0.15) is 11.4 Å². The van der Waals surface area contributed by atoms with E-state index < -0.39 is 0 Å². The summed E-state index contributed by atoms with van der Waals surface area (Å²) < 4.78 is 10.5. The Balaban J connectivity index is 1.80. The standard InChI is InChI=1S/C18H18N2O3/c1-11-7-12(2)18-15(20-23-16(18)8-11)10-17(21)19-13-5-4-6-14(9-13)22-3/h4-9H,10H2,1-3H3,(H,19,21). The highest BCUT2D eigenvalue weighted by molar-refractivity contribution is 5.95. The first kappa shape index (κ1) is 15.1. The Morgan fingerprint density at radius 1 is 1.26 bits per heavy atom. The minimum Gasteiger partial charge on any atom is -0.497 e. The van der Waals surface area contributed by atoms with Crippen molar-refractivity contribution >= 4 is 22.6 Å². The average Bonchev–Trinajstić information content (AvgIpc) is 2.90. The summed E-state index contributed by atoms with van der Waals surface area (Å²) in [5.74, 6) is 0.550. The molecule has 0 unspecified atom stereocenters. The van der Waals surface area contributed by atoms with Crippen molar-refractivity contribution in [2.75, 3.05) is 12.4 Å². The lowest BCUT2D eigenvalue weighted by Crippen LogP contribution is -2.14. The molecule has 0 saturated carbocycles. The third kappa shape index (κ3) is 3.18. The van der Waals surface area contributed by atoms with Gasteiger partial charge in [-0.25, -0.2) is 0 Å². The number of benzene rings is 2. The number of ether oxygens (including phenoxy) is 1. The van der Waals surface area contributed by atoms with Gasteiger partial charge >= 0.3 is 0 Å². The Morgan fingerprint density at radius 3 is 2.87 bits per heavy atom. The number of fused-ring (bicyclic) bond motifs is 1. The molecule has 23 heavy (non-hydrogen) atoms. The molecule has 1 amide bonds. The smallest absolute Gasteiger partial charge is 0.230 e. The van der Waals surface area contributed by atoms with Gasteiger partial charge in [-0.15, -0.1) is 0 Å². The van der Waals surface area contributed by atoms with Crippen molar-refractivity contribution in [2.45, 2.75) is 20.3 Å². The molecule has 3 aromatic rings. The normalized spacial score (nSPS) is 10.7. The van der Waals surface area contributed by atoms with Crippen molar-refractivity contribution in [2.24, 2.45) is 0 Å². The van der Waals surface area contributed by atoms with Crippen molar-refractivity contribution in [3.63, 3.8) is 0 Å². The molecule has 0 aliphatic carbocycles. The second-order valence-corrected chi connectivity index (χ2v) is 5.54. The highest BCUT2D eigenvalue weighted by Crippen LogP contribution is 2.25. The minimum absolute atomic E-state index is 0.145. The van der Waals surface area contributed by atoms with Gasteiger partial charge < -0.3 is 14.6 Å². The molecule has 0 saturated heterocycles. The van der Waals surface area contributed by atoms with E-state index in [9.17, 15) is 4.79 Å². The molecule has 3 rings (SSSR count). The molecule has 0 aliphatic rings. The number of hydrogen-bond acceptors (Lipinski definition) is 4. The van der Waals surface area contributed by atoms with Crippen molar-refractivity contribution in [1.29, 1.82) is 0 Å². The first-order chi connectivity index (χ1) is 11.1. The fraction of sp³-hybridized carbons (Fsp3) is 0.222. The lowest BCUT2D eigenvalue weighted by atomic mass is 10.0. The van der Waals surface area contributed by atoms with Crippen molar-refractivity contribution < 1.29 is 14.1 Å². The summed E-state index contributed by atoms with van der Waals surface area (Å²) in [6.07, 6.45) is 0.161. The first-order valence-corrected chi connectivity index (χ1v) is 7.36. The van der Waals surface area contributed by atoms with Gasteiger partial charge in [-0.3, -0.25) is 4.79 Å². The van der Waals surface area contributed by atoms with E-state index >= 15 is 0 Å². The monoisotopic (exact) mass is 310 g/mol. The number of nitrogens with zero attached hydrogens (tertiary/aromatic N) is 1. The van der Waals surface area contributed by atoms with Gasteiger partial charge in [-0.05, 0) is 43.2 Å². The Labute approximate surface area is 134 Å². The molecular formula is C18H18N2O3. The number of hydrogen-bond donors (Lipinski definition) is 1. The molecule has 0 radical (unpaired) electrons. The molecule has 0 aliphatic heterocycles. The number of aromatic nitrogens is 1. The number of aryl methyl sites for hydroxylation is 2. The van der Waals surface area contributed by atoms with E-state index in [4.69, 9.17) is 9.26 Å². The molecule has 2 aromatic carbocycles. The number of anilines is 1. The van der Waals surface area contributed by atoms with E-state index in [2.05, 4.69) is 16.5 Å². The zero-order valence-corrected chi connectivity index (χ0v) is 13.3. The molecule has 0 atom stereocenters. The highest BCUT2D eigenvalue weighted by atomic mass is 16.5. The number of nitrogens with one attached hydrogen (secondary N) is 1. The quantitative estimate of drug-likeness (QED) is 0.799. The average molecular weight is 310 g/mol. The number of carbonyl (C=O) groups excluding carboxylic acids is 1. The zero-order valence-electron chi connectivity index (χ0n) is 13.3. The third-order valence-electron chi connectivity index (χ3n) is 3.67. The van der Waals surface area contributed by atoms with Crippen molar-refractivity contribution in [3.8, 4) is 5.75 Å². The fourth-order valence-corrected chi connectivity index (χ4v) is 2.70. The van der Waals surface area contributed by atoms with E-state index in [1.165, 1.54) is 0 Å². The van der Waals surface area contributed by atoms with Crippen molar-refractivity contribution in [3.05, 3.63) is 53.2 Å². The largest absolute Gasteiger partial charge is 0.497 e. The van der Waals surface area contributed by atoms with Crippen LogP contribution in [-0.2, 0) is 11.2 Å². The summed E-state index contributed by atoms with van der Waals surface area (Å²) >= 11 is 0. The molecule has 1 heterocycles. The van der Waals surface area contributed by atoms with Crippen LogP contribution in [0.1, 0.15) is 16.8 Å². The van der Waals surface area contributed by atoms with Crippen LogP contribution in [0.4, 0.5) is 5.69 Å². The zero-order chi connectivity index (χ0) is 16.4. The number of rotatable bonds is 4. The number of carbonyl (C=O) groups is 1. The van der Waals surface area contributed by atoms with Crippen LogP contribution in [0.5, 0.6) is 5.75 Å². The van der Waals surface area contributed by atoms with Crippen LogP contribution in [0, 0.1) is 13.8 Å². The fourth-order valence-electron chi connectivity index (χ4n) is 2.70. The third-order valence-corrected chi connectivity index (χ3v) is 3.67. The maximum absolute atomic E-state index is 12.3. The van der Waals surface area contributed by atoms with Crippen LogP contribution in [0.25, 0.3) is 11.0 Å². The van der Waals surface area contributed by atoms with Gasteiger partial charge in [0, 0.05) is 17.1 Å². The molecule has 0 fully saturated rings. The second-order valence-electron chi connectivity index (χ2n) is 5.54. The molecule has 0 bridgehead atoms. The summed E-state index contributed by atoms with van der Waals surface area (Å²) in [4.78, 5) is 12.3. The van der Waals surface area contributed by atoms with Crippen LogP contribution in [0.2, 0.25) is 0 Å². The molecule has 0 spiro atoms. The van der Waals surface area contributed by atoms with Crippen LogP contribution in [0.15, 0.2) is 40.9 Å². The molecule has 5 heteroatoms. The Hall–Kier alpha value is -2.82. The first-order valence-electron chi connectivity index (χ1n) is 7.36.